The topological polar surface area (TPSA) is 113 Å². The number of methoxy groups -OCH3 is 1. The van der Waals surface area contributed by atoms with Crippen LogP contribution in [0.3, 0.4) is 0 Å². The van der Waals surface area contributed by atoms with Crippen molar-refractivity contribution in [2.45, 2.75) is 23.9 Å². The highest BCUT2D eigenvalue weighted by atomic mass is 32.2. The van der Waals surface area contributed by atoms with Crippen LogP contribution in [0.15, 0.2) is 35.5 Å². The lowest BCUT2D eigenvalue weighted by molar-refractivity contribution is -0.141. The first-order valence-electron chi connectivity index (χ1n) is 6.83. The van der Waals surface area contributed by atoms with Crippen molar-refractivity contribution in [1.29, 1.82) is 0 Å². The summed E-state index contributed by atoms with van der Waals surface area (Å²) in [4.78, 5) is 18.4. The van der Waals surface area contributed by atoms with Crippen molar-refractivity contribution in [2.75, 3.05) is 7.11 Å². The summed E-state index contributed by atoms with van der Waals surface area (Å²) < 4.78 is 31.6. The fraction of sp³-hybridized carbons (Fsp3) is 0.286. The Hall–Kier alpha value is -2.39. The maximum atomic E-state index is 12.8. The van der Waals surface area contributed by atoms with Crippen molar-refractivity contribution in [3.8, 4) is 5.75 Å². The van der Waals surface area contributed by atoms with E-state index in [-0.39, 0.29) is 17.9 Å². The number of fused-ring (bicyclic) bond motifs is 1. The predicted octanol–water partition coefficient (Wildman–Crippen LogP) is 0.618. The molecule has 0 radical (unpaired) electrons. The van der Waals surface area contributed by atoms with E-state index >= 15 is 0 Å². The Morgan fingerprint density at radius 1 is 1.39 bits per heavy atom. The van der Waals surface area contributed by atoms with E-state index < -0.39 is 22.0 Å². The van der Waals surface area contributed by atoms with Crippen LogP contribution in [0.1, 0.15) is 11.4 Å². The summed E-state index contributed by atoms with van der Waals surface area (Å²) in [5.41, 5.74) is 1.19. The predicted molar refractivity (Wildman–Crippen MR) is 79.4 cm³/mol. The number of aromatic amines is 1. The molecule has 2 heterocycles. The zero-order valence-corrected chi connectivity index (χ0v) is 13.1. The number of hydrogen-bond donors (Lipinski definition) is 2. The van der Waals surface area contributed by atoms with E-state index in [1.807, 2.05) is 0 Å². The van der Waals surface area contributed by atoms with Crippen LogP contribution in [0, 0.1) is 0 Å². The summed E-state index contributed by atoms with van der Waals surface area (Å²) in [6.07, 6.45) is 1.47. The molecule has 3 rings (SSSR count). The Kier molecular flexibility index (Phi) is 3.82. The van der Waals surface area contributed by atoms with Gasteiger partial charge in [0.05, 0.1) is 36.3 Å². The summed E-state index contributed by atoms with van der Waals surface area (Å²) >= 11 is 0. The van der Waals surface area contributed by atoms with E-state index in [4.69, 9.17) is 4.74 Å². The molecule has 1 atom stereocenters. The van der Waals surface area contributed by atoms with E-state index in [1.165, 1.54) is 37.7 Å². The zero-order valence-electron chi connectivity index (χ0n) is 12.3. The Morgan fingerprint density at radius 2 is 2.09 bits per heavy atom. The van der Waals surface area contributed by atoms with Gasteiger partial charge in [-0.3, -0.25) is 4.79 Å². The number of carbonyl (C=O) groups is 1. The number of carboxylic acid groups (broad SMARTS) is 1. The van der Waals surface area contributed by atoms with Gasteiger partial charge in [0.25, 0.3) is 0 Å². The van der Waals surface area contributed by atoms with Crippen LogP contribution in [0.5, 0.6) is 5.75 Å². The van der Waals surface area contributed by atoms with Crippen LogP contribution in [0.4, 0.5) is 0 Å². The maximum Gasteiger partial charge on any atom is 0.322 e. The molecule has 1 aromatic heterocycles. The second-order valence-corrected chi connectivity index (χ2v) is 7.00. The zero-order chi connectivity index (χ0) is 16.6. The molecule has 8 nitrogen and oxygen atoms in total. The molecule has 9 heteroatoms. The fourth-order valence-electron chi connectivity index (χ4n) is 2.56. The molecular formula is C14H15N3O5S. The Labute approximate surface area is 132 Å². The smallest absolute Gasteiger partial charge is 0.322 e. The number of aromatic nitrogens is 2. The lowest BCUT2D eigenvalue weighted by Gasteiger charge is -2.31. The third-order valence-corrected chi connectivity index (χ3v) is 5.68. The number of hydrogen-bond acceptors (Lipinski definition) is 5. The average molecular weight is 337 g/mol. The molecule has 0 amide bonds. The van der Waals surface area contributed by atoms with Crippen LogP contribution in [-0.4, -0.2) is 46.9 Å². The Bertz CT molecular complexity index is 828. The summed E-state index contributed by atoms with van der Waals surface area (Å²) in [7, 11) is -2.47. The van der Waals surface area contributed by atoms with Gasteiger partial charge in [0.1, 0.15) is 11.8 Å². The number of sulfonamides is 1. The molecule has 0 bridgehead atoms. The molecule has 1 aromatic carbocycles. The van der Waals surface area contributed by atoms with Crippen LogP contribution >= 0.6 is 0 Å². The van der Waals surface area contributed by atoms with Crippen LogP contribution in [0.2, 0.25) is 0 Å². The van der Waals surface area contributed by atoms with Crippen molar-refractivity contribution in [1.82, 2.24) is 14.3 Å². The summed E-state index contributed by atoms with van der Waals surface area (Å²) in [6.45, 7) is -0.0549. The second kappa shape index (κ2) is 5.67. The molecule has 23 heavy (non-hydrogen) atoms. The monoisotopic (exact) mass is 337 g/mol. The van der Waals surface area contributed by atoms with Gasteiger partial charge >= 0.3 is 5.97 Å². The summed E-state index contributed by atoms with van der Waals surface area (Å²) in [5.74, 6) is -0.677. The Balaban J connectivity index is 2.01. The van der Waals surface area contributed by atoms with Crippen molar-refractivity contribution >= 4 is 16.0 Å². The first kappa shape index (κ1) is 15.5. The number of aliphatic carboxylic acids is 1. The van der Waals surface area contributed by atoms with Gasteiger partial charge in [-0.1, -0.05) is 0 Å². The largest absolute Gasteiger partial charge is 0.497 e. The van der Waals surface area contributed by atoms with Gasteiger partial charge in [-0.25, -0.2) is 13.4 Å². The van der Waals surface area contributed by atoms with Crippen molar-refractivity contribution in [3.05, 3.63) is 42.0 Å². The molecule has 122 valence electrons. The van der Waals surface area contributed by atoms with Gasteiger partial charge in [-0.15, -0.1) is 0 Å². The second-order valence-electron chi connectivity index (χ2n) is 5.11. The van der Waals surface area contributed by atoms with Gasteiger partial charge in [-0.05, 0) is 24.3 Å². The summed E-state index contributed by atoms with van der Waals surface area (Å²) in [6, 6.07) is 4.66. The van der Waals surface area contributed by atoms with Crippen LogP contribution < -0.4 is 4.74 Å². The van der Waals surface area contributed by atoms with E-state index in [0.29, 0.717) is 17.1 Å². The third kappa shape index (κ3) is 2.68. The first-order valence-corrected chi connectivity index (χ1v) is 8.27. The summed E-state index contributed by atoms with van der Waals surface area (Å²) in [5, 5.41) is 9.40. The molecule has 2 aromatic rings. The van der Waals surface area contributed by atoms with Crippen molar-refractivity contribution in [3.63, 3.8) is 0 Å². The fourth-order valence-corrected chi connectivity index (χ4v) is 4.11. The van der Waals surface area contributed by atoms with E-state index in [2.05, 4.69) is 9.97 Å². The van der Waals surface area contributed by atoms with Crippen LogP contribution in [-0.2, 0) is 27.8 Å². The molecule has 0 saturated heterocycles. The lowest BCUT2D eigenvalue weighted by Crippen LogP contribution is -2.48. The number of nitrogens with one attached hydrogen (secondary N) is 1. The standard InChI is InChI=1S/C14H15N3O5S/c1-22-9-2-4-10(5-3-9)23(20,21)17-7-12-11(15-8-16-12)6-13(17)14(18)19/h2-5,8,13H,6-7H2,1H3,(H,15,16)(H,18,19). The lowest BCUT2D eigenvalue weighted by atomic mass is 10.1. The number of benzene rings is 1. The molecule has 2 N–H and O–H groups in total. The molecule has 0 fully saturated rings. The quantitative estimate of drug-likeness (QED) is 0.845. The number of nitrogens with zero attached hydrogens (tertiary/aromatic N) is 2. The van der Waals surface area contributed by atoms with Crippen molar-refractivity contribution in [2.24, 2.45) is 0 Å². The van der Waals surface area contributed by atoms with Gasteiger partial charge in [0.2, 0.25) is 10.0 Å². The van der Waals surface area contributed by atoms with Crippen molar-refractivity contribution < 1.29 is 23.1 Å². The van der Waals surface area contributed by atoms with E-state index in [0.717, 1.165) is 4.31 Å². The molecule has 0 saturated carbocycles. The number of ether oxygens (including phenoxy) is 1. The number of carboxylic acids is 1. The minimum atomic E-state index is -3.95. The molecule has 0 aliphatic carbocycles. The highest BCUT2D eigenvalue weighted by Crippen LogP contribution is 2.28. The first-order chi connectivity index (χ1) is 10.9. The Morgan fingerprint density at radius 3 is 2.70 bits per heavy atom. The number of imidazole rings is 1. The molecule has 0 spiro atoms. The minimum Gasteiger partial charge on any atom is -0.497 e. The molecule has 1 aliphatic rings. The molecule has 1 unspecified atom stereocenters. The van der Waals surface area contributed by atoms with E-state index in [9.17, 15) is 18.3 Å². The molecule has 1 aliphatic heterocycles. The van der Waals surface area contributed by atoms with Crippen LogP contribution in [0.25, 0.3) is 0 Å². The van der Waals surface area contributed by atoms with Gasteiger partial charge in [0, 0.05) is 6.42 Å². The average Bonchev–Trinajstić information content (AvgIpc) is 3.01. The number of H-pyrrole nitrogens is 1. The SMILES string of the molecule is COc1ccc(S(=O)(=O)N2Cc3[nH]cnc3CC2C(=O)O)cc1. The highest BCUT2D eigenvalue weighted by molar-refractivity contribution is 7.89. The van der Waals surface area contributed by atoms with E-state index in [1.54, 1.807) is 0 Å². The molecular weight excluding hydrogens is 322 g/mol. The van der Waals surface area contributed by atoms with Gasteiger partial charge in [-0.2, -0.15) is 4.31 Å². The minimum absolute atomic E-state index is 0.0208. The third-order valence-electron chi connectivity index (χ3n) is 3.81. The van der Waals surface area contributed by atoms with Gasteiger partial charge in [0.15, 0.2) is 0 Å². The maximum absolute atomic E-state index is 12.8. The van der Waals surface area contributed by atoms with Gasteiger partial charge < -0.3 is 14.8 Å². The highest BCUT2D eigenvalue weighted by Gasteiger charge is 2.40. The normalized spacial score (nSPS) is 18.4. The number of rotatable bonds is 4.